The lowest BCUT2D eigenvalue weighted by Gasteiger charge is -2.23. The largest absolute Gasteiger partial charge is 0.490 e. The number of hydrogen-bond donors (Lipinski definition) is 1. The number of hydrogen-bond acceptors (Lipinski definition) is 5. The van der Waals surface area contributed by atoms with Crippen molar-refractivity contribution in [1.82, 2.24) is 15.5 Å². The number of ether oxygens (including phenoxy) is 1. The van der Waals surface area contributed by atoms with Gasteiger partial charge in [0, 0.05) is 17.0 Å². The van der Waals surface area contributed by atoms with Crippen molar-refractivity contribution in [3.05, 3.63) is 64.9 Å². The highest BCUT2D eigenvalue weighted by atomic mass is 35.5. The second-order valence-electron chi connectivity index (χ2n) is 6.42. The van der Waals surface area contributed by atoms with E-state index in [0.717, 1.165) is 42.8 Å². The third-order valence-corrected chi connectivity index (χ3v) is 4.62. The Morgan fingerprint density at radius 3 is 2.81 bits per heavy atom. The van der Waals surface area contributed by atoms with Crippen LogP contribution in [0.1, 0.15) is 24.2 Å². The summed E-state index contributed by atoms with van der Waals surface area (Å²) in [7, 11) is 0. The molecule has 0 amide bonds. The summed E-state index contributed by atoms with van der Waals surface area (Å²) in [4.78, 5) is 4.51. The second kappa shape index (κ2) is 7.89. The van der Waals surface area contributed by atoms with E-state index in [-0.39, 0.29) is 6.10 Å². The zero-order valence-corrected chi connectivity index (χ0v) is 15.1. The Morgan fingerprint density at radius 2 is 1.96 bits per heavy atom. The number of piperidine rings is 1. The molecular formula is C20H20ClN3O2. The molecule has 134 valence electrons. The molecule has 0 atom stereocenters. The fourth-order valence-electron chi connectivity index (χ4n) is 3.08. The molecule has 2 aromatic carbocycles. The van der Waals surface area contributed by atoms with Gasteiger partial charge in [-0.3, -0.25) is 0 Å². The van der Waals surface area contributed by atoms with Crippen LogP contribution in [-0.4, -0.2) is 29.3 Å². The van der Waals surface area contributed by atoms with Crippen LogP contribution in [0.4, 0.5) is 0 Å². The lowest BCUT2D eigenvalue weighted by Crippen LogP contribution is -2.34. The van der Waals surface area contributed by atoms with Crippen LogP contribution >= 0.6 is 11.6 Å². The van der Waals surface area contributed by atoms with Crippen LogP contribution in [0.3, 0.4) is 0 Å². The third kappa shape index (κ3) is 4.23. The van der Waals surface area contributed by atoms with Crippen molar-refractivity contribution in [2.24, 2.45) is 0 Å². The van der Waals surface area contributed by atoms with E-state index in [1.165, 1.54) is 0 Å². The van der Waals surface area contributed by atoms with Gasteiger partial charge in [-0.2, -0.15) is 4.98 Å². The molecular weight excluding hydrogens is 350 g/mol. The van der Waals surface area contributed by atoms with Gasteiger partial charge in [0.15, 0.2) is 5.82 Å². The van der Waals surface area contributed by atoms with Crippen LogP contribution in [0.5, 0.6) is 5.75 Å². The summed E-state index contributed by atoms with van der Waals surface area (Å²) in [5, 5.41) is 8.13. The molecule has 0 bridgehead atoms. The monoisotopic (exact) mass is 369 g/mol. The van der Waals surface area contributed by atoms with Crippen molar-refractivity contribution in [1.29, 1.82) is 0 Å². The second-order valence-corrected chi connectivity index (χ2v) is 6.85. The molecule has 6 heteroatoms. The maximum atomic E-state index is 6.09. The van der Waals surface area contributed by atoms with Gasteiger partial charge in [0.1, 0.15) is 11.9 Å². The molecule has 1 aromatic heterocycles. The van der Waals surface area contributed by atoms with Crippen molar-refractivity contribution in [3.8, 4) is 17.2 Å². The Hall–Kier alpha value is -2.37. The molecule has 2 heterocycles. The molecule has 1 aliphatic rings. The summed E-state index contributed by atoms with van der Waals surface area (Å²) < 4.78 is 11.5. The van der Waals surface area contributed by atoms with Gasteiger partial charge >= 0.3 is 0 Å². The summed E-state index contributed by atoms with van der Waals surface area (Å²) >= 11 is 6.03. The highest BCUT2D eigenvalue weighted by molar-refractivity contribution is 6.30. The number of rotatable bonds is 5. The first kappa shape index (κ1) is 17.1. The molecule has 0 saturated carbocycles. The first-order chi connectivity index (χ1) is 12.8. The predicted octanol–water partition coefficient (Wildman–Crippen LogP) is 4.11. The molecule has 3 aromatic rings. The van der Waals surface area contributed by atoms with E-state index in [1.54, 1.807) is 0 Å². The minimum absolute atomic E-state index is 0.257. The van der Waals surface area contributed by atoms with E-state index in [1.807, 2.05) is 48.5 Å². The normalized spacial score (nSPS) is 15.1. The van der Waals surface area contributed by atoms with Crippen molar-refractivity contribution < 1.29 is 9.26 Å². The SMILES string of the molecule is Clc1cccc(Cc2noc(-c3cccc(OC4CCNCC4)c3)n2)c1. The first-order valence-electron chi connectivity index (χ1n) is 8.81. The maximum Gasteiger partial charge on any atom is 0.258 e. The zero-order valence-electron chi connectivity index (χ0n) is 14.3. The molecule has 0 radical (unpaired) electrons. The molecule has 1 aliphatic heterocycles. The summed E-state index contributed by atoms with van der Waals surface area (Å²) in [6.07, 6.45) is 2.88. The van der Waals surface area contributed by atoms with Crippen molar-refractivity contribution in [2.45, 2.75) is 25.4 Å². The van der Waals surface area contributed by atoms with Gasteiger partial charge in [-0.25, -0.2) is 0 Å². The van der Waals surface area contributed by atoms with E-state index in [4.69, 9.17) is 20.9 Å². The molecule has 0 spiro atoms. The van der Waals surface area contributed by atoms with E-state index in [9.17, 15) is 0 Å². The minimum atomic E-state index is 0.257. The predicted molar refractivity (Wildman–Crippen MR) is 101 cm³/mol. The molecule has 4 rings (SSSR count). The summed E-state index contributed by atoms with van der Waals surface area (Å²) in [5.74, 6) is 1.97. The van der Waals surface area contributed by atoms with Gasteiger partial charge in [-0.15, -0.1) is 0 Å². The van der Waals surface area contributed by atoms with Crippen molar-refractivity contribution >= 4 is 11.6 Å². The van der Waals surface area contributed by atoms with Crippen LogP contribution in [0.25, 0.3) is 11.5 Å². The van der Waals surface area contributed by atoms with Crippen molar-refractivity contribution in [3.63, 3.8) is 0 Å². The van der Waals surface area contributed by atoms with Gasteiger partial charge in [-0.05, 0) is 61.8 Å². The van der Waals surface area contributed by atoms with Gasteiger partial charge in [0.25, 0.3) is 5.89 Å². The van der Waals surface area contributed by atoms with E-state index >= 15 is 0 Å². The maximum absolute atomic E-state index is 6.09. The van der Waals surface area contributed by atoms with Crippen LogP contribution in [-0.2, 0) is 6.42 Å². The number of nitrogens with zero attached hydrogens (tertiary/aromatic N) is 2. The summed E-state index contributed by atoms with van der Waals surface area (Å²) in [5.41, 5.74) is 1.91. The molecule has 5 nitrogen and oxygen atoms in total. The molecule has 1 N–H and O–H groups in total. The van der Waals surface area contributed by atoms with E-state index in [2.05, 4.69) is 15.5 Å². The topological polar surface area (TPSA) is 60.2 Å². The van der Waals surface area contributed by atoms with E-state index < -0.39 is 0 Å². The zero-order chi connectivity index (χ0) is 17.8. The Balaban J connectivity index is 1.47. The standard InChI is InChI=1S/C20H20ClN3O2/c21-16-5-1-3-14(11-16)12-19-23-20(26-24-19)15-4-2-6-18(13-15)25-17-7-9-22-10-8-17/h1-6,11,13,17,22H,7-10,12H2. The molecule has 0 aliphatic carbocycles. The smallest absolute Gasteiger partial charge is 0.258 e. The van der Waals surface area contributed by atoms with Gasteiger partial charge in [0.2, 0.25) is 0 Å². The fourth-order valence-corrected chi connectivity index (χ4v) is 3.29. The quantitative estimate of drug-likeness (QED) is 0.733. The Morgan fingerprint density at radius 1 is 1.12 bits per heavy atom. The van der Waals surface area contributed by atoms with Gasteiger partial charge < -0.3 is 14.6 Å². The molecule has 1 saturated heterocycles. The van der Waals surface area contributed by atoms with Crippen molar-refractivity contribution in [2.75, 3.05) is 13.1 Å². The lowest BCUT2D eigenvalue weighted by molar-refractivity contribution is 0.162. The lowest BCUT2D eigenvalue weighted by atomic mass is 10.1. The van der Waals surface area contributed by atoms with Crippen LogP contribution in [0.15, 0.2) is 53.1 Å². The van der Waals surface area contributed by atoms with E-state index in [0.29, 0.717) is 23.2 Å². The first-order valence-corrected chi connectivity index (χ1v) is 9.19. The Bertz CT molecular complexity index is 875. The van der Waals surface area contributed by atoms with Crippen LogP contribution in [0.2, 0.25) is 5.02 Å². The average Bonchev–Trinajstić information content (AvgIpc) is 3.11. The molecule has 26 heavy (non-hydrogen) atoms. The number of benzene rings is 2. The Labute approximate surface area is 157 Å². The number of nitrogens with one attached hydrogen (secondary N) is 1. The molecule has 0 unspecified atom stereocenters. The van der Waals surface area contributed by atoms with Gasteiger partial charge in [-0.1, -0.05) is 35.0 Å². The van der Waals surface area contributed by atoms with Crippen LogP contribution in [0, 0.1) is 0 Å². The highest BCUT2D eigenvalue weighted by Gasteiger charge is 2.16. The van der Waals surface area contributed by atoms with Gasteiger partial charge in [0.05, 0.1) is 0 Å². The summed E-state index contributed by atoms with van der Waals surface area (Å²) in [6.45, 7) is 2.00. The highest BCUT2D eigenvalue weighted by Crippen LogP contribution is 2.25. The van der Waals surface area contributed by atoms with Crippen LogP contribution < -0.4 is 10.1 Å². The average molecular weight is 370 g/mol. The number of aromatic nitrogens is 2. The fraction of sp³-hybridized carbons (Fsp3) is 0.300. The Kier molecular flexibility index (Phi) is 5.18. The third-order valence-electron chi connectivity index (χ3n) is 4.39. The summed E-state index contributed by atoms with van der Waals surface area (Å²) in [6, 6.07) is 15.5. The minimum Gasteiger partial charge on any atom is -0.490 e. The molecule has 1 fully saturated rings. The number of halogens is 1.